The van der Waals surface area contributed by atoms with Gasteiger partial charge in [0.1, 0.15) is 6.10 Å². The van der Waals surface area contributed by atoms with Crippen molar-refractivity contribution in [3.63, 3.8) is 0 Å². The van der Waals surface area contributed by atoms with Crippen molar-refractivity contribution < 1.29 is 29.6 Å². The molecule has 0 aliphatic heterocycles. The van der Waals surface area contributed by atoms with Gasteiger partial charge in [-0.25, -0.2) is 4.79 Å². The first-order chi connectivity index (χ1) is 6.95. The quantitative estimate of drug-likeness (QED) is 0.414. The molecule has 2 unspecified atom stereocenters. The van der Waals surface area contributed by atoms with E-state index in [9.17, 15) is 20.1 Å². The molecule has 0 bridgehead atoms. The number of methoxy groups -OCH3 is 2. The summed E-state index contributed by atoms with van der Waals surface area (Å²) in [7, 11) is 2.28. The van der Waals surface area contributed by atoms with Gasteiger partial charge >= 0.3 is 5.97 Å². The average Bonchev–Trinajstić information content (AvgIpc) is 2.23. The molecule has 0 radical (unpaired) electrons. The Kier molecular flexibility index (Phi) is 3.13. The molecule has 0 amide bonds. The minimum Gasteiger partial charge on any atom is -0.507 e. The molecular weight excluding hydrogens is 204 g/mol. The van der Waals surface area contributed by atoms with Crippen molar-refractivity contribution in [1.29, 1.82) is 0 Å². The summed E-state index contributed by atoms with van der Waals surface area (Å²) >= 11 is 0. The number of carbonyl (C=O) groups is 1. The predicted molar refractivity (Wildman–Crippen MR) is 48.8 cm³/mol. The van der Waals surface area contributed by atoms with Gasteiger partial charge in [0, 0.05) is 7.11 Å². The van der Waals surface area contributed by atoms with Crippen LogP contribution in [-0.2, 0) is 14.3 Å². The van der Waals surface area contributed by atoms with E-state index in [2.05, 4.69) is 9.47 Å². The summed E-state index contributed by atoms with van der Waals surface area (Å²) < 4.78 is 8.95. The van der Waals surface area contributed by atoms with Gasteiger partial charge in [-0.3, -0.25) is 0 Å². The lowest BCUT2D eigenvalue weighted by molar-refractivity contribution is -0.221. The topological polar surface area (TPSA) is 96.2 Å². The van der Waals surface area contributed by atoms with Crippen molar-refractivity contribution >= 4 is 5.97 Å². The van der Waals surface area contributed by atoms with Crippen molar-refractivity contribution in [2.45, 2.75) is 11.9 Å². The average molecular weight is 216 g/mol. The highest BCUT2D eigenvalue weighted by molar-refractivity contribution is 5.92. The number of hydrogen-bond acceptors (Lipinski definition) is 6. The Morgan fingerprint density at radius 1 is 1.53 bits per heavy atom. The third-order valence-electron chi connectivity index (χ3n) is 2.13. The van der Waals surface area contributed by atoms with Gasteiger partial charge in [-0.1, -0.05) is 0 Å². The number of rotatable bonds is 2. The summed E-state index contributed by atoms with van der Waals surface area (Å²) in [6, 6.07) is 0. The Bertz CT molecular complexity index is 331. The zero-order chi connectivity index (χ0) is 11.6. The van der Waals surface area contributed by atoms with Crippen LogP contribution >= 0.6 is 0 Å². The lowest BCUT2D eigenvalue weighted by atomic mass is 9.97. The van der Waals surface area contributed by atoms with Crippen LogP contribution in [0.4, 0.5) is 0 Å². The molecule has 0 fully saturated rings. The normalized spacial score (nSPS) is 30.5. The van der Waals surface area contributed by atoms with Crippen LogP contribution in [0.1, 0.15) is 0 Å². The molecule has 1 aliphatic rings. The summed E-state index contributed by atoms with van der Waals surface area (Å²) in [5.41, 5.74) is -0.0516. The van der Waals surface area contributed by atoms with Crippen LogP contribution in [0, 0.1) is 0 Å². The number of aliphatic hydroxyl groups excluding tert-OH is 2. The van der Waals surface area contributed by atoms with Gasteiger partial charge in [-0.2, -0.15) is 0 Å². The van der Waals surface area contributed by atoms with Gasteiger partial charge in [0.2, 0.25) is 0 Å². The van der Waals surface area contributed by atoms with Crippen LogP contribution in [-0.4, -0.2) is 47.4 Å². The van der Waals surface area contributed by atoms with E-state index in [1.54, 1.807) is 0 Å². The van der Waals surface area contributed by atoms with Crippen LogP contribution < -0.4 is 0 Å². The summed E-state index contributed by atoms with van der Waals surface area (Å²) in [4.78, 5) is 11.1. The monoisotopic (exact) mass is 216 g/mol. The first kappa shape index (κ1) is 11.7. The van der Waals surface area contributed by atoms with Gasteiger partial charge in [0.25, 0.3) is 5.79 Å². The third kappa shape index (κ3) is 1.87. The van der Waals surface area contributed by atoms with E-state index in [4.69, 9.17) is 0 Å². The first-order valence-electron chi connectivity index (χ1n) is 4.12. The fourth-order valence-corrected chi connectivity index (χ4v) is 1.20. The zero-order valence-corrected chi connectivity index (χ0v) is 8.30. The molecule has 0 aromatic heterocycles. The van der Waals surface area contributed by atoms with Crippen LogP contribution in [0.2, 0.25) is 0 Å². The van der Waals surface area contributed by atoms with E-state index in [-0.39, 0.29) is 5.57 Å². The minimum atomic E-state index is -2.21. The molecule has 0 heterocycles. The van der Waals surface area contributed by atoms with Gasteiger partial charge in [-0.15, -0.1) is 0 Å². The van der Waals surface area contributed by atoms with Gasteiger partial charge in [0.05, 0.1) is 12.7 Å². The Morgan fingerprint density at radius 3 is 2.53 bits per heavy atom. The lowest BCUT2D eigenvalue weighted by Crippen LogP contribution is -2.47. The second-order valence-electron chi connectivity index (χ2n) is 2.99. The number of ether oxygens (including phenoxy) is 2. The van der Waals surface area contributed by atoms with Crippen LogP contribution in [0.25, 0.3) is 0 Å². The van der Waals surface area contributed by atoms with E-state index in [0.29, 0.717) is 0 Å². The molecule has 0 aromatic rings. The molecule has 0 saturated heterocycles. The first-order valence-corrected chi connectivity index (χ1v) is 4.12. The molecule has 3 N–H and O–H groups in total. The molecule has 6 heteroatoms. The highest BCUT2D eigenvalue weighted by Crippen LogP contribution is 2.27. The fourth-order valence-electron chi connectivity index (χ4n) is 1.20. The van der Waals surface area contributed by atoms with Crippen molar-refractivity contribution in [2.75, 3.05) is 14.2 Å². The Labute approximate surface area is 86.0 Å². The van der Waals surface area contributed by atoms with E-state index in [0.717, 1.165) is 26.4 Å². The van der Waals surface area contributed by atoms with Crippen LogP contribution in [0.5, 0.6) is 0 Å². The second kappa shape index (κ2) is 4.01. The molecule has 6 nitrogen and oxygen atoms in total. The summed E-state index contributed by atoms with van der Waals surface area (Å²) in [5.74, 6) is -3.59. The van der Waals surface area contributed by atoms with Crippen molar-refractivity contribution in [1.82, 2.24) is 0 Å². The second-order valence-corrected chi connectivity index (χ2v) is 2.99. The number of esters is 1. The summed E-state index contributed by atoms with van der Waals surface area (Å²) in [6.45, 7) is 0. The zero-order valence-electron chi connectivity index (χ0n) is 8.30. The molecule has 2 atom stereocenters. The Morgan fingerprint density at radius 2 is 2.13 bits per heavy atom. The largest absolute Gasteiger partial charge is 0.507 e. The van der Waals surface area contributed by atoms with Crippen molar-refractivity contribution in [3.8, 4) is 0 Å². The maximum absolute atomic E-state index is 11.1. The molecule has 84 valence electrons. The van der Waals surface area contributed by atoms with E-state index >= 15 is 0 Å². The molecule has 15 heavy (non-hydrogen) atoms. The molecule has 0 spiro atoms. The van der Waals surface area contributed by atoms with Gasteiger partial charge in [-0.05, 0) is 12.2 Å². The standard InChI is InChI=1S/C9H12O6/c1-14-8(12)5-3-6(10)9(13,15-2)7(11)4-5/h3-4,6,10-11,13H,1-2H3. The molecule has 0 aromatic carbocycles. The third-order valence-corrected chi connectivity index (χ3v) is 2.13. The molecule has 1 rings (SSSR count). The predicted octanol–water partition coefficient (Wildman–Crippen LogP) is -0.763. The highest BCUT2D eigenvalue weighted by Gasteiger charge is 2.43. The Balaban J connectivity index is 3.05. The minimum absolute atomic E-state index is 0.0516. The van der Waals surface area contributed by atoms with Crippen molar-refractivity contribution in [3.05, 3.63) is 23.5 Å². The summed E-state index contributed by atoms with van der Waals surface area (Å²) in [5, 5.41) is 28.4. The maximum Gasteiger partial charge on any atom is 0.337 e. The Hall–Kier alpha value is -1.37. The van der Waals surface area contributed by atoms with Crippen LogP contribution in [0.15, 0.2) is 23.5 Å². The van der Waals surface area contributed by atoms with Gasteiger partial charge < -0.3 is 24.8 Å². The van der Waals surface area contributed by atoms with E-state index in [1.165, 1.54) is 0 Å². The van der Waals surface area contributed by atoms with Crippen LogP contribution in [0.3, 0.4) is 0 Å². The van der Waals surface area contributed by atoms with E-state index in [1.807, 2.05) is 0 Å². The molecule has 0 saturated carbocycles. The van der Waals surface area contributed by atoms with E-state index < -0.39 is 23.6 Å². The fraction of sp³-hybridized carbons (Fsp3) is 0.444. The summed E-state index contributed by atoms with van der Waals surface area (Å²) in [6.07, 6.45) is 0.471. The number of hydrogen-bond donors (Lipinski definition) is 3. The van der Waals surface area contributed by atoms with Gasteiger partial charge in [0.15, 0.2) is 5.76 Å². The lowest BCUT2D eigenvalue weighted by Gasteiger charge is -2.31. The molecular formula is C9H12O6. The number of carbonyl (C=O) groups excluding carboxylic acids is 1. The smallest absolute Gasteiger partial charge is 0.337 e. The highest BCUT2D eigenvalue weighted by atomic mass is 16.6. The molecule has 1 aliphatic carbocycles. The SMILES string of the molecule is COC(=O)C1=CC(O)C(O)(OC)C(O)=C1. The number of aliphatic hydroxyl groups is 3. The van der Waals surface area contributed by atoms with Crippen molar-refractivity contribution in [2.24, 2.45) is 0 Å². The maximum atomic E-state index is 11.1.